The highest BCUT2D eigenvalue weighted by Gasteiger charge is 2.15. The zero-order valence-corrected chi connectivity index (χ0v) is 12.5. The molecule has 0 spiro atoms. The van der Waals surface area contributed by atoms with E-state index in [2.05, 4.69) is 46.3 Å². The molecule has 0 aliphatic heterocycles. The Hall–Kier alpha value is -2.34. The number of benzene rings is 1. The van der Waals surface area contributed by atoms with Crippen molar-refractivity contribution in [2.75, 3.05) is 0 Å². The van der Waals surface area contributed by atoms with Crippen LogP contribution in [-0.2, 0) is 0 Å². The molecule has 3 heterocycles. The van der Waals surface area contributed by atoms with E-state index in [1.807, 2.05) is 28.8 Å². The van der Waals surface area contributed by atoms with E-state index < -0.39 is 0 Å². The lowest BCUT2D eigenvalue weighted by molar-refractivity contribution is 0.726. The summed E-state index contributed by atoms with van der Waals surface area (Å²) in [5.41, 5.74) is 1.85. The number of aromatic nitrogens is 5. The van der Waals surface area contributed by atoms with Gasteiger partial charge in [-0.05, 0) is 12.1 Å². The fraction of sp³-hybridized carbons (Fsp3) is 0.200. The largest absolute Gasteiger partial charge is 0.245 e. The molecule has 0 fully saturated rings. The van der Waals surface area contributed by atoms with Gasteiger partial charge in [-0.1, -0.05) is 49.4 Å². The average Bonchev–Trinajstić information content (AvgIpc) is 3.06. The minimum atomic E-state index is 0.291. The number of para-hydroxylation sites is 1. The Labute approximate surface area is 125 Å². The maximum atomic E-state index is 4.68. The van der Waals surface area contributed by atoms with E-state index in [0.29, 0.717) is 5.92 Å². The highest BCUT2D eigenvalue weighted by molar-refractivity contribution is 7.19. The van der Waals surface area contributed by atoms with Gasteiger partial charge in [-0.25, -0.2) is 4.98 Å². The van der Waals surface area contributed by atoms with Gasteiger partial charge < -0.3 is 0 Å². The van der Waals surface area contributed by atoms with Crippen molar-refractivity contribution in [3.8, 4) is 10.7 Å². The zero-order valence-electron chi connectivity index (χ0n) is 11.7. The van der Waals surface area contributed by atoms with Gasteiger partial charge in [0.2, 0.25) is 4.96 Å². The molecule has 0 N–H and O–H groups in total. The van der Waals surface area contributed by atoms with Crippen LogP contribution in [0.15, 0.2) is 36.4 Å². The molecule has 0 bridgehead atoms. The van der Waals surface area contributed by atoms with E-state index >= 15 is 0 Å². The number of hydrogen-bond donors (Lipinski definition) is 0. The van der Waals surface area contributed by atoms with Crippen molar-refractivity contribution in [3.05, 3.63) is 42.2 Å². The molecule has 0 saturated heterocycles. The molecule has 21 heavy (non-hydrogen) atoms. The van der Waals surface area contributed by atoms with E-state index in [1.165, 1.54) is 11.3 Å². The Kier molecular flexibility index (Phi) is 2.71. The Bertz CT molecular complexity index is 937. The lowest BCUT2D eigenvalue weighted by atomic mass is 10.2. The van der Waals surface area contributed by atoms with Crippen molar-refractivity contribution in [3.63, 3.8) is 0 Å². The molecule has 3 aromatic heterocycles. The molecule has 0 unspecified atom stereocenters. The van der Waals surface area contributed by atoms with Crippen LogP contribution >= 0.6 is 11.3 Å². The van der Waals surface area contributed by atoms with E-state index in [4.69, 9.17) is 0 Å². The SMILES string of the molecule is CC(C)c1nnc2sc(-c3ccc4ccccc4n3)nn12. The molecule has 0 aliphatic rings. The van der Waals surface area contributed by atoms with E-state index in [0.717, 1.165) is 32.4 Å². The molecule has 4 aromatic rings. The number of hydrogen-bond acceptors (Lipinski definition) is 5. The minimum absolute atomic E-state index is 0.291. The maximum absolute atomic E-state index is 4.68. The minimum Gasteiger partial charge on any atom is -0.245 e. The molecule has 0 aliphatic carbocycles. The van der Waals surface area contributed by atoms with E-state index in [-0.39, 0.29) is 0 Å². The van der Waals surface area contributed by atoms with Gasteiger partial charge in [0.05, 0.1) is 5.52 Å². The first-order valence-electron chi connectivity index (χ1n) is 6.80. The molecule has 0 radical (unpaired) electrons. The van der Waals surface area contributed by atoms with Crippen molar-refractivity contribution < 1.29 is 0 Å². The first-order valence-corrected chi connectivity index (χ1v) is 7.62. The third-order valence-corrected chi connectivity index (χ3v) is 4.27. The van der Waals surface area contributed by atoms with Gasteiger partial charge in [0.15, 0.2) is 10.8 Å². The Morgan fingerprint density at radius 1 is 1.05 bits per heavy atom. The third kappa shape index (κ3) is 1.99. The summed E-state index contributed by atoms with van der Waals surface area (Å²) < 4.78 is 1.82. The molecule has 0 atom stereocenters. The van der Waals surface area contributed by atoms with Crippen LogP contribution in [0.5, 0.6) is 0 Å². The fourth-order valence-corrected chi connectivity index (χ4v) is 3.10. The average molecular weight is 295 g/mol. The Morgan fingerprint density at radius 2 is 1.90 bits per heavy atom. The van der Waals surface area contributed by atoms with Gasteiger partial charge in [0.1, 0.15) is 5.69 Å². The van der Waals surface area contributed by atoms with Crippen molar-refractivity contribution in [2.24, 2.45) is 0 Å². The standard InChI is InChI=1S/C15H13N5S/c1-9(2)13-17-18-15-20(13)19-14(21-15)12-8-7-10-5-3-4-6-11(10)16-12/h3-9H,1-2H3. The van der Waals surface area contributed by atoms with Gasteiger partial charge in [0.25, 0.3) is 0 Å². The topological polar surface area (TPSA) is 56.0 Å². The zero-order chi connectivity index (χ0) is 14.4. The number of rotatable bonds is 2. The lowest BCUT2D eigenvalue weighted by Gasteiger charge is -2.00. The van der Waals surface area contributed by atoms with E-state index in [9.17, 15) is 0 Å². The van der Waals surface area contributed by atoms with Crippen LogP contribution in [0.2, 0.25) is 0 Å². The van der Waals surface area contributed by atoms with Gasteiger partial charge in [-0.3, -0.25) is 0 Å². The first-order chi connectivity index (χ1) is 10.2. The van der Waals surface area contributed by atoms with Crippen molar-refractivity contribution >= 4 is 27.2 Å². The lowest BCUT2D eigenvalue weighted by Crippen LogP contribution is -1.98. The predicted octanol–water partition coefficient (Wildman–Crippen LogP) is 3.52. The van der Waals surface area contributed by atoms with E-state index in [1.54, 1.807) is 0 Å². The molecular weight excluding hydrogens is 282 g/mol. The van der Waals surface area contributed by atoms with Gasteiger partial charge in [-0.15, -0.1) is 10.2 Å². The molecule has 0 amide bonds. The summed E-state index contributed by atoms with van der Waals surface area (Å²) in [6.45, 7) is 4.17. The van der Waals surface area contributed by atoms with Crippen molar-refractivity contribution in [1.82, 2.24) is 24.8 Å². The normalized spacial score (nSPS) is 11.8. The summed E-state index contributed by atoms with van der Waals surface area (Å²) in [4.78, 5) is 5.49. The molecule has 4 rings (SSSR count). The molecule has 104 valence electrons. The van der Waals surface area contributed by atoms with Crippen molar-refractivity contribution in [2.45, 2.75) is 19.8 Å². The monoisotopic (exact) mass is 295 g/mol. The highest BCUT2D eigenvalue weighted by atomic mass is 32.1. The molecule has 6 heteroatoms. The van der Waals surface area contributed by atoms with Crippen LogP contribution in [0.3, 0.4) is 0 Å². The summed E-state index contributed by atoms with van der Waals surface area (Å²) in [5.74, 6) is 1.17. The molecule has 5 nitrogen and oxygen atoms in total. The Balaban J connectivity index is 1.87. The van der Waals surface area contributed by atoms with Crippen LogP contribution in [0, 0.1) is 0 Å². The van der Waals surface area contributed by atoms with Crippen LogP contribution in [0.25, 0.3) is 26.6 Å². The maximum Gasteiger partial charge on any atom is 0.235 e. The number of fused-ring (bicyclic) bond motifs is 2. The summed E-state index contributed by atoms with van der Waals surface area (Å²) >= 11 is 1.51. The molecule has 1 aromatic carbocycles. The van der Waals surface area contributed by atoms with Crippen LogP contribution in [-0.4, -0.2) is 24.8 Å². The Morgan fingerprint density at radius 3 is 2.76 bits per heavy atom. The summed E-state index contributed by atoms with van der Waals surface area (Å²) in [7, 11) is 0. The number of pyridine rings is 1. The van der Waals surface area contributed by atoms with Crippen LogP contribution in [0.4, 0.5) is 0 Å². The fourth-order valence-electron chi connectivity index (χ4n) is 2.28. The smallest absolute Gasteiger partial charge is 0.235 e. The second kappa shape index (κ2) is 4.60. The summed E-state index contributed by atoms with van der Waals surface area (Å²) in [6, 6.07) is 12.2. The number of nitrogens with zero attached hydrogens (tertiary/aromatic N) is 5. The van der Waals surface area contributed by atoms with Crippen molar-refractivity contribution in [1.29, 1.82) is 0 Å². The van der Waals surface area contributed by atoms with Crippen LogP contribution < -0.4 is 0 Å². The molecular formula is C15H13N5S. The quantitative estimate of drug-likeness (QED) is 0.567. The van der Waals surface area contributed by atoms with Gasteiger partial charge in [-0.2, -0.15) is 9.61 Å². The third-order valence-electron chi connectivity index (χ3n) is 3.35. The summed E-state index contributed by atoms with van der Waals surface area (Å²) in [6.07, 6.45) is 0. The highest BCUT2D eigenvalue weighted by Crippen LogP contribution is 2.27. The predicted molar refractivity (Wildman–Crippen MR) is 83.5 cm³/mol. The first kappa shape index (κ1) is 12.4. The van der Waals surface area contributed by atoms with Crippen LogP contribution in [0.1, 0.15) is 25.6 Å². The summed E-state index contributed by atoms with van der Waals surface area (Å²) in [5, 5.41) is 15.0. The van der Waals surface area contributed by atoms with Gasteiger partial charge in [0, 0.05) is 11.3 Å². The molecule has 0 saturated carbocycles. The van der Waals surface area contributed by atoms with Gasteiger partial charge >= 0.3 is 0 Å². The second-order valence-electron chi connectivity index (χ2n) is 5.20. The second-order valence-corrected chi connectivity index (χ2v) is 6.16.